The van der Waals surface area contributed by atoms with Crippen LogP contribution in [0.1, 0.15) is 43.7 Å². The topological polar surface area (TPSA) is 9.23 Å². The van der Waals surface area contributed by atoms with E-state index in [1.54, 1.807) is 0 Å². The Morgan fingerprint density at radius 3 is 2.75 bits per heavy atom. The number of ether oxygens (including phenoxy) is 1. The van der Waals surface area contributed by atoms with Crippen molar-refractivity contribution in [2.45, 2.75) is 32.6 Å². The first kappa shape index (κ1) is 11.3. The van der Waals surface area contributed by atoms with Gasteiger partial charge in [-0.2, -0.15) is 0 Å². The monoisotopic (exact) mass is 215 g/mol. The van der Waals surface area contributed by atoms with Crippen LogP contribution in [-0.4, -0.2) is 6.61 Å². The molecule has 16 heavy (non-hydrogen) atoms. The second kappa shape index (κ2) is 4.73. The van der Waals surface area contributed by atoms with Gasteiger partial charge in [-0.15, -0.1) is 6.58 Å². The fourth-order valence-electron chi connectivity index (χ4n) is 1.87. The third-order valence-corrected chi connectivity index (χ3v) is 3.05. The molecule has 0 unspecified atom stereocenters. The summed E-state index contributed by atoms with van der Waals surface area (Å²) in [6.07, 6.45) is 4.55. The highest BCUT2D eigenvalue weighted by Crippen LogP contribution is 2.42. The van der Waals surface area contributed by atoms with Crippen LogP contribution in [0.3, 0.4) is 0 Å². The van der Waals surface area contributed by atoms with Crippen molar-refractivity contribution < 1.29 is 4.74 Å². The molecule has 85 valence electrons. The largest absolute Gasteiger partial charge is 0.494 e. The van der Waals surface area contributed by atoms with E-state index in [0.29, 0.717) is 0 Å². The zero-order valence-electron chi connectivity index (χ0n) is 10.1. The summed E-state index contributed by atoms with van der Waals surface area (Å²) >= 11 is 0. The van der Waals surface area contributed by atoms with Crippen LogP contribution >= 0.6 is 0 Å². The highest BCUT2D eigenvalue weighted by Gasteiger charge is 2.24. The van der Waals surface area contributed by atoms with Gasteiger partial charge >= 0.3 is 0 Å². The minimum atomic E-state index is 0.723. The van der Waals surface area contributed by atoms with Crippen molar-refractivity contribution in [1.82, 2.24) is 0 Å². The fourth-order valence-corrected chi connectivity index (χ4v) is 1.87. The summed E-state index contributed by atoms with van der Waals surface area (Å²) in [5, 5.41) is 0. The number of allylic oxidation sites excluding steroid dienone is 1. The van der Waals surface area contributed by atoms with E-state index in [1.165, 1.54) is 29.9 Å². The Balaban J connectivity index is 2.31. The van der Waals surface area contributed by atoms with Gasteiger partial charge in [0.1, 0.15) is 5.75 Å². The molecular weight excluding hydrogens is 196 g/mol. The molecule has 1 aromatic carbocycles. The van der Waals surface area contributed by atoms with Gasteiger partial charge in [0.05, 0.1) is 6.61 Å². The molecule has 2 rings (SSSR count). The summed E-state index contributed by atoms with van der Waals surface area (Å²) in [5.74, 6) is 2.96. The summed E-state index contributed by atoms with van der Waals surface area (Å²) < 4.78 is 5.61. The smallest absolute Gasteiger partial charge is 0.119 e. The van der Waals surface area contributed by atoms with Crippen molar-refractivity contribution >= 4 is 0 Å². The molecule has 0 saturated heterocycles. The molecule has 1 fully saturated rings. The first-order valence-corrected chi connectivity index (χ1v) is 5.98. The third kappa shape index (κ3) is 2.46. The van der Waals surface area contributed by atoms with E-state index in [9.17, 15) is 0 Å². The predicted molar refractivity (Wildman–Crippen MR) is 67.8 cm³/mol. The van der Waals surface area contributed by atoms with Crippen molar-refractivity contribution in [3.8, 4) is 5.75 Å². The van der Waals surface area contributed by atoms with E-state index in [4.69, 9.17) is 4.74 Å². The summed E-state index contributed by atoms with van der Waals surface area (Å²) in [7, 11) is 0. The van der Waals surface area contributed by atoms with E-state index < -0.39 is 0 Å². The van der Waals surface area contributed by atoms with Crippen LogP contribution in [0.4, 0.5) is 0 Å². The van der Waals surface area contributed by atoms with Gasteiger partial charge < -0.3 is 4.74 Å². The van der Waals surface area contributed by atoms with Gasteiger partial charge in [0.2, 0.25) is 0 Å². The molecule has 0 bridgehead atoms. The van der Waals surface area contributed by atoms with Crippen LogP contribution in [0.15, 0.2) is 30.9 Å². The van der Waals surface area contributed by atoms with Crippen LogP contribution in [0.5, 0.6) is 5.75 Å². The molecule has 1 aliphatic rings. The summed E-state index contributed by atoms with van der Waals surface area (Å²) in [6, 6.07) is 6.56. The second-order valence-corrected chi connectivity index (χ2v) is 4.39. The Kier molecular flexibility index (Phi) is 3.33. The van der Waals surface area contributed by atoms with Gasteiger partial charge in [0.25, 0.3) is 0 Å². The Hall–Kier alpha value is -1.24. The highest BCUT2D eigenvalue weighted by atomic mass is 16.5. The van der Waals surface area contributed by atoms with Gasteiger partial charge in [-0.1, -0.05) is 19.1 Å². The molecule has 0 aromatic heterocycles. The van der Waals surface area contributed by atoms with E-state index in [0.717, 1.165) is 18.3 Å². The van der Waals surface area contributed by atoms with Crippen LogP contribution < -0.4 is 4.74 Å². The zero-order valence-corrected chi connectivity index (χ0v) is 10.1. The van der Waals surface area contributed by atoms with Crippen LogP contribution in [0.2, 0.25) is 0 Å². The lowest BCUT2D eigenvalue weighted by Gasteiger charge is -2.12. The lowest BCUT2D eigenvalue weighted by Crippen LogP contribution is -1.97. The Bertz CT molecular complexity index is 377. The maximum Gasteiger partial charge on any atom is 0.119 e. The molecule has 1 heteroatoms. The van der Waals surface area contributed by atoms with Crippen LogP contribution in [-0.2, 0) is 0 Å². The minimum Gasteiger partial charge on any atom is -0.494 e. The van der Waals surface area contributed by atoms with Crippen LogP contribution in [0.25, 0.3) is 0 Å². The van der Waals surface area contributed by atoms with Crippen molar-refractivity contribution in [1.29, 1.82) is 0 Å². The SMILES string of the molecule is C=C[C](C)c1cc(OCC)cc(C2CC2)c1. The van der Waals surface area contributed by atoms with Crippen molar-refractivity contribution in [2.75, 3.05) is 6.61 Å². The van der Waals surface area contributed by atoms with E-state index in [2.05, 4.69) is 31.7 Å². The number of hydrogen-bond donors (Lipinski definition) is 0. The molecule has 0 amide bonds. The average Bonchev–Trinajstić information content (AvgIpc) is 3.12. The van der Waals surface area contributed by atoms with Gasteiger partial charge in [-0.3, -0.25) is 0 Å². The molecule has 0 atom stereocenters. The van der Waals surface area contributed by atoms with Gasteiger partial charge in [0.15, 0.2) is 0 Å². The van der Waals surface area contributed by atoms with Gasteiger partial charge in [-0.05, 0) is 48.9 Å². The Morgan fingerprint density at radius 1 is 1.44 bits per heavy atom. The third-order valence-electron chi connectivity index (χ3n) is 3.05. The predicted octanol–water partition coefficient (Wildman–Crippen LogP) is 4.09. The number of rotatable bonds is 5. The molecular formula is C15H19O. The fraction of sp³-hybridized carbons (Fsp3) is 0.400. The molecule has 0 aliphatic heterocycles. The van der Waals surface area contributed by atoms with Gasteiger partial charge in [-0.25, -0.2) is 0 Å². The van der Waals surface area contributed by atoms with E-state index >= 15 is 0 Å². The molecule has 0 heterocycles. The molecule has 1 aromatic rings. The highest BCUT2D eigenvalue weighted by molar-refractivity contribution is 5.45. The lowest BCUT2D eigenvalue weighted by molar-refractivity contribution is 0.339. The quantitative estimate of drug-likeness (QED) is 0.718. The van der Waals surface area contributed by atoms with Gasteiger partial charge in [0, 0.05) is 5.92 Å². The van der Waals surface area contributed by atoms with Crippen LogP contribution in [0, 0.1) is 5.92 Å². The lowest BCUT2D eigenvalue weighted by atomic mass is 9.97. The molecule has 1 saturated carbocycles. The summed E-state index contributed by atoms with van der Waals surface area (Å²) in [4.78, 5) is 0. The first-order valence-electron chi connectivity index (χ1n) is 5.98. The maximum absolute atomic E-state index is 5.61. The van der Waals surface area contributed by atoms with Crippen molar-refractivity contribution in [2.24, 2.45) is 0 Å². The van der Waals surface area contributed by atoms with Crippen molar-refractivity contribution in [3.05, 3.63) is 47.9 Å². The van der Waals surface area contributed by atoms with E-state index in [1.807, 2.05) is 13.0 Å². The molecule has 1 nitrogen and oxygen atoms in total. The Labute approximate surface area is 98.1 Å². The molecule has 1 radical (unpaired) electrons. The zero-order chi connectivity index (χ0) is 11.5. The number of benzene rings is 1. The second-order valence-electron chi connectivity index (χ2n) is 4.39. The summed E-state index contributed by atoms with van der Waals surface area (Å²) in [6.45, 7) is 8.66. The molecule has 0 N–H and O–H groups in total. The normalized spacial score (nSPS) is 15.2. The Morgan fingerprint density at radius 2 is 2.19 bits per heavy atom. The first-order chi connectivity index (χ1) is 7.74. The molecule has 1 aliphatic carbocycles. The minimum absolute atomic E-state index is 0.723. The number of hydrogen-bond acceptors (Lipinski definition) is 1. The van der Waals surface area contributed by atoms with E-state index in [-0.39, 0.29) is 0 Å². The average molecular weight is 215 g/mol. The summed E-state index contributed by atoms with van der Waals surface area (Å²) in [5.41, 5.74) is 2.66. The maximum atomic E-state index is 5.61. The standard InChI is InChI=1S/C15H19O/c1-4-11(3)13-8-14(12-6-7-12)10-15(9-13)16-5-2/h4,8-10,12H,1,5-7H2,2-3H3. The van der Waals surface area contributed by atoms with Crippen molar-refractivity contribution in [3.63, 3.8) is 0 Å². The molecule has 0 spiro atoms.